The van der Waals surface area contributed by atoms with Gasteiger partial charge < -0.3 is 19.5 Å². The second kappa shape index (κ2) is 10.2. The highest BCUT2D eigenvalue weighted by Gasteiger charge is 2.27. The van der Waals surface area contributed by atoms with Crippen molar-refractivity contribution in [2.24, 2.45) is 5.92 Å². The third-order valence-corrected chi connectivity index (χ3v) is 5.00. The number of esters is 1. The molecule has 0 aromatic heterocycles. The zero-order valence-corrected chi connectivity index (χ0v) is 15.8. The normalized spacial score (nSPS) is 17.4. The number of benzene rings is 1. The molecule has 1 aliphatic rings. The van der Waals surface area contributed by atoms with Crippen molar-refractivity contribution in [3.05, 3.63) is 35.6 Å². The van der Waals surface area contributed by atoms with E-state index in [0.717, 1.165) is 5.56 Å². The van der Waals surface area contributed by atoms with Crippen LogP contribution in [0, 0.1) is 11.7 Å². The fourth-order valence-corrected chi connectivity index (χ4v) is 3.30. The Bertz CT molecular complexity index is 617. The number of hydrogen-bond donors (Lipinski definition) is 1. The smallest absolute Gasteiger partial charge is 0.407 e. The van der Waals surface area contributed by atoms with Crippen molar-refractivity contribution in [3.8, 4) is 0 Å². The van der Waals surface area contributed by atoms with Crippen LogP contribution in [0.15, 0.2) is 24.3 Å². The van der Waals surface area contributed by atoms with Gasteiger partial charge in [-0.25, -0.2) is 9.18 Å². The molecule has 2 atom stereocenters. The molecule has 2 rings (SSSR count). The van der Waals surface area contributed by atoms with Gasteiger partial charge in [0, 0.05) is 33.3 Å². The van der Waals surface area contributed by atoms with E-state index in [4.69, 9.17) is 14.6 Å². The third-order valence-electron chi connectivity index (χ3n) is 5.00. The quantitative estimate of drug-likeness (QED) is 0.696. The Morgan fingerprint density at radius 3 is 2.30 bits per heavy atom. The van der Waals surface area contributed by atoms with E-state index in [9.17, 15) is 14.0 Å². The van der Waals surface area contributed by atoms with Gasteiger partial charge in [0.1, 0.15) is 5.82 Å². The second-order valence-electron chi connectivity index (χ2n) is 6.63. The van der Waals surface area contributed by atoms with E-state index in [1.165, 1.54) is 24.1 Å². The fraction of sp³-hybridized carbons (Fsp3) is 0.579. The van der Waals surface area contributed by atoms with Crippen molar-refractivity contribution in [2.75, 3.05) is 46.9 Å². The molecule has 27 heavy (non-hydrogen) atoms. The molecule has 1 heterocycles. The average Bonchev–Trinajstić information content (AvgIpc) is 2.69. The second-order valence-corrected chi connectivity index (χ2v) is 6.63. The molecular weight excluding hydrogens is 355 g/mol. The lowest BCUT2D eigenvalue weighted by Gasteiger charge is -2.33. The molecule has 0 radical (unpaired) electrons. The molecule has 0 spiro atoms. The number of halogens is 1. The maximum absolute atomic E-state index is 13.1. The summed E-state index contributed by atoms with van der Waals surface area (Å²) < 4.78 is 23.6. The summed E-state index contributed by atoms with van der Waals surface area (Å²) in [7, 11) is 2.92. The van der Waals surface area contributed by atoms with Gasteiger partial charge in [-0.2, -0.15) is 0 Å². The predicted octanol–water partition coefficient (Wildman–Crippen LogP) is 2.38. The molecule has 0 unspecified atom stereocenters. The zero-order valence-electron chi connectivity index (χ0n) is 15.8. The maximum atomic E-state index is 13.1. The predicted molar refractivity (Wildman–Crippen MR) is 96.9 cm³/mol. The van der Waals surface area contributed by atoms with Crippen molar-refractivity contribution in [2.45, 2.75) is 18.9 Å². The molecule has 1 fully saturated rings. The van der Waals surface area contributed by atoms with Gasteiger partial charge in [0.25, 0.3) is 0 Å². The molecule has 1 amide bonds. The first-order valence-electron chi connectivity index (χ1n) is 9.01. The lowest BCUT2D eigenvalue weighted by molar-refractivity contribution is -0.147. The largest absolute Gasteiger partial charge is 0.469 e. The van der Waals surface area contributed by atoms with Crippen LogP contribution in [0.1, 0.15) is 24.5 Å². The molecule has 0 aliphatic carbocycles. The topological polar surface area (TPSA) is 79.3 Å². The van der Waals surface area contributed by atoms with E-state index < -0.39 is 6.09 Å². The highest BCUT2D eigenvalue weighted by molar-refractivity contribution is 5.72. The summed E-state index contributed by atoms with van der Waals surface area (Å²) in [6.07, 6.45) is -0.215. The molecule has 0 saturated carbocycles. The summed E-state index contributed by atoms with van der Waals surface area (Å²) in [5.41, 5.74) is 0.808. The number of carbonyl (C=O) groups is 2. The number of carbonyl (C=O) groups excluding carboxylic acids is 1. The molecule has 1 saturated heterocycles. The Balaban J connectivity index is 1.93. The first kappa shape index (κ1) is 21.1. The molecular formula is C19H27FN2O5. The third kappa shape index (κ3) is 6.18. The van der Waals surface area contributed by atoms with E-state index in [0.29, 0.717) is 45.6 Å². The van der Waals surface area contributed by atoms with Crippen molar-refractivity contribution < 1.29 is 28.6 Å². The van der Waals surface area contributed by atoms with Crippen LogP contribution in [-0.4, -0.2) is 73.9 Å². The van der Waals surface area contributed by atoms with Crippen LogP contribution >= 0.6 is 0 Å². The van der Waals surface area contributed by atoms with E-state index in [1.54, 1.807) is 19.2 Å². The Hall–Kier alpha value is -2.19. The Morgan fingerprint density at radius 2 is 1.78 bits per heavy atom. The molecule has 1 aromatic rings. The van der Waals surface area contributed by atoms with Crippen LogP contribution in [0.4, 0.5) is 9.18 Å². The monoisotopic (exact) mass is 382 g/mol. The molecule has 1 aliphatic heterocycles. The Labute approximate surface area is 158 Å². The van der Waals surface area contributed by atoms with Crippen LogP contribution < -0.4 is 0 Å². The lowest BCUT2D eigenvalue weighted by atomic mass is 9.93. The van der Waals surface area contributed by atoms with Crippen molar-refractivity contribution in [3.63, 3.8) is 0 Å². The lowest BCUT2D eigenvalue weighted by Crippen LogP contribution is -2.48. The minimum atomic E-state index is -0.899. The van der Waals surface area contributed by atoms with Crippen LogP contribution in [0.5, 0.6) is 0 Å². The SMILES string of the molecule is COC(=O)[C@@H](CCN1CCN(C(=O)O)CC1)C[C@@H](OC)c1ccc(F)cc1. The minimum absolute atomic E-state index is 0.302. The number of piperazine rings is 1. The van der Waals surface area contributed by atoms with Crippen LogP contribution in [0.2, 0.25) is 0 Å². The number of carboxylic acid groups (broad SMARTS) is 1. The van der Waals surface area contributed by atoms with Gasteiger partial charge >= 0.3 is 12.1 Å². The molecule has 7 nitrogen and oxygen atoms in total. The number of methoxy groups -OCH3 is 2. The summed E-state index contributed by atoms with van der Waals surface area (Å²) in [5, 5.41) is 9.01. The fourth-order valence-electron chi connectivity index (χ4n) is 3.30. The standard InChI is InChI=1S/C19H27FN2O5/c1-26-17(14-3-5-16(20)6-4-14)13-15(18(23)27-2)7-8-21-9-11-22(12-10-21)19(24)25/h3-6,15,17H,7-13H2,1-2H3,(H,24,25)/t15-,17+/m0/s1. The highest BCUT2D eigenvalue weighted by atomic mass is 19.1. The van der Waals surface area contributed by atoms with Gasteiger partial charge in [-0.15, -0.1) is 0 Å². The van der Waals surface area contributed by atoms with Crippen LogP contribution in [-0.2, 0) is 14.3 Å². The summed E-state index contributed by atoms with van der Waals surface area (Å²) >= 11 is 0. The van der Waals surface area contributed by atoms with Gasteiger partial charge in [0.15, 0.2) is 0 Å². The molecule has 150 valence electrons. The van der Waals surface area contributed by atoms with E-state index in [1.807, 2.05) is 0 Å². The highest BCUT2D eigenvalue weighted by Crippen LogP contribution is 2.27. The van der Waals surface area contributed by atoms with Crippen molar-refractivity contribution in [1.29, 1.82) is 0 Å². The minimum Gasteiger partial charge on any atom is -0.469 e. The van der Waals surface area contributed by atoms with E-state index in [-0.39, 0.29) is 23.8 Å². The Morgan fingerprint density at radius 1 is 1.15 bits per heavy atom. The number of hydrogen-bond acceptors (Lipinski definition) is 5. The number of amides is 1. The first-order chi connectivity index (χ1) is 12.9. The van der Waals surface area contributed by atoms with E-state index in [2.05, 4.69) is 4.90 Å². The summed E-state index contributed by atoms with van der Waals surface area (Å²) in [6.45, 7) is 2.90. The maximum Gasteiger partial charge on any atom is 0.407 e. The molecule has 1 aromatic carbocycles. The average molecular weight is 382 g/mol. The summed E-state index contributed by atoms with van der Waals surface area (Å²) in [5.74, 6) is -0.982. The summed E-state index contributed by atoms with van der Waals surface area (Å²) in [6, 6.07) is 6.05. The van der Waals surface area contributed by atoms with E-state index >= 15 is 0 Å². The number of rotatable bonds is 8. The van der Waals surface area contributed by atoms with Gasteiger partial charge in [-0.3, -0.25) is 9.69 Å². The van der Waals surface area contributed by atoms with Crippen LogP contribution in [0.3, 0.4) is 0 Å². The molecule has 1 N–H and O–H groups in total. The van der Waals surface area contributed by atoms with Gasteiger partial charge in [-0.1, -0.05) is 12.1 Å². The van der Waals surface area contributed by atoms with Crippen molar-refractivity contribution in [1.82, 2.24) is 9.80 Å². The van der Waals surface area contributed by atoms with Crippen molar-refractivity contribution >= 4 is 12.1 Å². The number of nitrogens with zero attached hydrogens (tertiary/aromatic N) is 2. The van der Waals surface area contributed by atoms with Gasteiger partial charge in [-0.05, 0) is 37.1 Å². The first-order valence-corrected chi connectivity index (χ1v) is 9.01. The van der Waals surface area contributed by atoms with Gasteiger partial charge in [0.2, 0.25) is 0 Å². The Kier molecular flexibility index (Phi) is 7.99. The summed E-state index contributed by atoms with van der Waals surface area (Å²) in [4.78, 5) is 26.7. The molecule has 0 bridgehead atoms. The zero-order chi connectivity index (χ0) is 19.8. The number of ether oxygens (including phenoxy) is 2. The molecule has 8 heteroatoms. The van der Waals surface area contributed by atoms with Crippen LogP contribution in [0.25, 0.3) is 0 Å². The van der Waals surface area contributed by atoms with Gasteiger partial charge in [0.05, 0.1) is 19.1 Å².